The lowest BCUT2D eigenvalue weighted by Gasteiger charge is -2.37. The molecule has 2 saturated heterocycles. The van der Waals surface area contributed by atoms with Crippen LogP contribution in [0.15, 0.2) is 11.6 Å². The van der Waals surface area contributed by atoms with Crippen LogP contribution in [0.4, 0.5) is 0 Å². The third-order valence-corrected chi connectivity index (χ3v) is 3.73. The maximum Gasteiger partial charge on any atom is 0.334 e. The number of carboxylic acids is 1. The average molecular weight is 299 g/mol. The van der Waals surface area contributed by atoms with Crippen molar-refractivity contribution < 1.29 is 28.9 Å². The van der Waals surface area contributed by atoms with Gasteiger partial charge in [-0.3, -0.25) is 4.90 Å². The predicted molar refractivity (Wildman–Crippen MR) is 72.7 cm³/mol. The zero-order chi connectivity index (χ0) is 15.3. The summed E-state index contributed by atoms with van der Waals surface area (Å²) in [6, 6.07) is 0. The third kappa shape index (κ3) is 4.52. The van der Waals surface area contributed by atoms with Gasteiger partial charge in [0.25, 0.3) is 0 Å². The summed E-state index contributed by atoms with van der Waals surface area (Å²) in [4.78, 5) is 24.1. The maximum absolute atomic E-state index is 11.5. The SMILES string of the molecule is C/C(=C\C(=O)O)C(=O)OCCN1CCC2(CC1)OCCO2. The van der Waals surface area contributed by atoms with E-state index in [9.17, 15) is 9.59 Å². The van der Waals surface area contributed by atoms with Gasteiger partial charge in [-0.05, 0) is 6.92 Å². The van der Waals surface area contributed by atoms with Gasteiger partial charge in [-0.25, -0.2) is 9.59 Å². The number of aliphatic carboxylic acids is 1. The van der Waals surface area contributed by atoms with E-state index in [1.54, 1.807) is 0 Å². The van der Waals surface area contributed by atoms with Gasteiger partial charge in [-0.15, -0.1) is 0 Å². The average Bonchev–Trinajstić information content (AvgIpc) is 2.89. The number of carbonyl (C=O) groups excluding carboxylic acids is 1. The highest BCUT2D eigenvalue weighted by molar-refractivity contribution is 5.95. The van der Waals surface area contributed by atoms with E-state index in [0.29, 0.717) is 19.8 Å². The van der Waals surface area contributed by atoms with Gasteiger partial charge in [0.2, 0.25) is 0 Å². The second-order valence-electron chi connectivity index (χ2n) is 5.25. The highest BCUT2D eigenvalue weighted by atomic mass is 16.7. The second kappa shape index (κ2) is 7.02. The highest BCUT2D eigenvalue weighted by Gasteiger charge is 2.39. The van der Waals surface area contributed by atoms with Crippen molar-refractivity contribution in [1.82, 2.24) is 4.90 Å². The number of hydrogen-bond donors (Lipinski definition) is 1. The van der Waals surface area contributed by atoms with Gasteiger partial charge in [-0.2, -0.15) is 0 Å². The Morgan fingerprint density at radius 3 is 2.48 bits per heavy atom. The molecule has 2 heterocycles. The van der Waals surface area contributed by atoms with Gasteiger partial charge in [0.15, 0.2) is 5.79 Å². The van der Waals surface area contributed by atoms with Crippen molar-refractivity contribution in [3.63, 3.8) is 0 Å². The van der Waals surface area contributed by atoms with Crippen molar-refractivity contribution in [2.45, 2.75) is 25.6 Å². The van der Waals surface area contributed by atoms with Crippen molar-refractivity contribution in [3.8, 4) is 0 Å². The van der Waals surface area contributed by atoms with Gasteiger partial charge in [0.05, 0.1) is 13.2 Å². The Hall–Kier alpha value is -1.44. The summed E-state index contributed by atoms with van der Waals surface area (Å²) in [5.41, 5.74) is 0.0906. The summed E-state index contributed by atoms with van der Waals surface area (Å²) in [6.45, 7) is 5.29. The number of ether oxygens (including phenoxy) is 3. The Balaban J connectivity index is 1.66. The molecule has 7 nitrogen and oxygen atoms in total. The molecule has 0 aliphatic carbocycles. The van der Waals surface area contributed by atoms with E-state index < -0.39 is 17.7 Å². The Kier molecular flexibility index (Phi) is 5.33. The molecule has 1 N–H and O–H groups in total. The summed E-state index contributed by atoms with van der Waals surface area (Å²) >= 11 is 0. The minimum absolute atomic E-state index is 0.0906. The van der Waals surface area contributed by atoms with Crippen LogP contribution in [-0.2, 0) is 23.8 Å². The second-order valence-corrected chi connectivity index (χ2v) is 5.25. The number of esters is 1. The van der Waals surface area contributed by atoms with Gasteiger partial charge in [-0.1, -0.05) is 0 Å². The molecule has 0 radical (unpaired) electrons. The molecule has 2 aliphatic heterocycles. The minimum Gasteiger partial charge on any atom is -0.478 e. The van der Waals surface area contributed by atoms with Crippen LogP contribution < -0.4 is 0 Å². The first-order chi connectivity index (χ1) is 10.0. The van der Waals surface area contributed by atoms with Gasteiger partial charge >= 0.3 is 11.9 Å². The molecular formula is C14H21NO6. The van der Waals surface area contributed by atoms with E-state index in [1.165, 1.54) is 6.92 Å². The standard InChI is InChI=1S/C14H21NO6/c1-11(10-12(16)17)13(18)19-7-6-15-4-2-14(3-5-15)20-8-9-21-14/h10H,2-9H2,1H3,(H,16,17)/b11-10+. The van der Waals surface area contributed by atoms with Crippen LogP contribution in [0.3, 0.4) is 0 Å². The number of hydrogen-bond acceptors (Lipinski definition) is 6. The molecule has 118 valence electrons. The van der Waals surface area contributed by atoms with Crippen LogP contribution in [0.2, 0.25) is 0 Å². The van der Waals surface area contributed by atoms with Crippen molar-refractivity contribution in [2.75, 3.05) is 39.5 Å². The van der Waals surface area contributed by atoms with E-state index in [-0.39, 0.29) is 12.2 Å². The Labute approximate surface area is 123 Å². The molecule has 0 atom stereocenters. The topological polar surface area (TPSA) is 85.3 Å². The van der Waals surface area contributed by atoms with Gasteiger partial charge < -0.3 is 19.3 Å². The van der Waals surface area contributed by atoms with E-state index in [4.69, 9.17) is 19.3 Å². The van der Waals surface area contributed by atoms with Crippen LogP contribution in [0, 0.1) is 0 Å². The normalized spacial score (nSPS) is 22.4. The molecule has 2 rings (SSSR count). The van der Waals surface area contributed by atoms with Gasteiger partial charge in [0, 0.05) is 44.1 Å². The zero-order valence-electron chi connectivity index (χ0n) is 12.2. The summed E-state index contributed by atoms with van der Waals surface area (Å²) < 4.78 is 16.3. The monoisotopic (exact) mass is 299 g/mol. The molecule has 0 saturated carbocycles. The molecule has 0 aromatic carbocycles. The Bertz CT molecular complexity index is 417. The lowest BCUT2D eigenvalue weighted by atomic mass is 10.0. The molecule has 0 unspecified atom stereocenters. The van der Waals surface area contributed by atoms with Crippen LogP contribution in [0.1, 0.15) is 19.8 Å². The molecule has 2 aliphatic rings. The number of rotatable bonds is 5. The number of nitrogens with zero attached hydrogens (tertiary/aromatic N) is 1. The molecular weight excluding hydrogens is 278 g/mol. The lowest BCUT2D eigenvalue weighted by Crippen LogP contribution is -2.46. The Morgan fingerprint density at radius 2 is 1.90 bits per heavy atom. The quantitative estimate of drug-likeness (QED) is 0.581. The first-order valence-corrected chi connectivity index (χ1v) is 7.09. The highest BCUT2D eigenvalue weighted by Crippen LogP contribution is 2.30. The molecule has 0 amide bonds. The van der Waals surface area contributed by atoms with Crippen LogP contribution in [0.25, 0.3) is 0 Å². The largest absolute Gasteiger partial charge is 0.478 e. The molecule has 21 heavy (non-hydrogen) atoms. The van der Waals surface area contributed by atoms with Gasteiger partial charge in [0.1, 0.15) is 6.61 Å². The maximum atomic E-state index is 11.5. The predicted octanol–water partition coefficient (Wildman–Crippen LogP) is 0.399. The molecule has 0 bridgehead atoms. The molecule has 0 aromatic rings. The summed E-state index contributed by atoms with van der Waals surface area (Å²) in [5.74, 6) is -2.13. The smallest absolute Gasteiger partial charge is 0.334 e. The Morgan fingerprint density at radius 1 is 1.29 bits per heavy atom. The number of carboxylic acid groups (broad SMARTS) is 1. The first kappa shape index (κ1) is 15.9. The first-order valence-electron chi connectivity index (χ1n) is 7.09. The van der Waals surface area contributed by atoms with Crippen LogP contribution in [0.5, 0.6) is 0 Å². The van der Waals surface area contributed by atoms with Crippen LogP contribution >= 0.6 is 0 Å². The zero-order valence-corrected chi connectivity index (χ0v) is 12.2. The molecule has 2 fully saturated rings. The lowest BCUT2D eigenvalue weighted by molar-refractivity contribution is -0.186. The number of piperidine rings is 1. The summed E-state index contributed by atoms with van der Waals surface area (Å²) in [6.07, 6.45) is 2.49. The van der Waals surface area contributed by atoms with E-state index in [2.05, 4.69) is 4.90 Å². The van der Waals surface area contributed by atoms with Crippen molar-refractivity contribution in [2.24, 2.45) is 0 Å². The third-order valence-electron chi connectivity index (χ3n) is 3.73. The van der Waals surface area contributed by atoms with Crippen molar-refractivity contribution in [1.29, 1.82) is 0 Å². The number of likely N-dealkylation sites (tertiary alicyclic amines) is 1. The van der Waals surface area contributed by atoms with E-state index >= 15 is 0 Å². The summed E-state index contributed by atoms with van der Waals surface area (Å²) in [5, 5.41) is 8.55. The van der Waals surface area contributed by atoms with Crippen molar-refractivity contribution in [3.05, 3.63) is 11.6 Å². The fourth-order valence-corrected chi connectivity index (χ4v) is 2.53. The molecule has 7 heteroatoms. The van der Waals surface area contributed by atoms with E-state index in [0.717, 1.165) is 32.0 Å². The fraction of sp³-hybridized carbons (Fsp3) is 0.714. The van der Waals surface area contributed by atoms with Crippen LogP contribution in [-0.4, -0.2) is 67.2 Å². The minimum atomic E-state index is -1.15. The van der Waals surface area contributed by atoms with E-state index in [1.807, 2.05) is 0 Å². The summed E-state index contributed by atoms with van der Waals surface area (Å²) in [7, 11) is 0. The fourth-order valence-electron chi connectivity index (χ4n) is 2.53. The van der Waals surface area contributed by atoms with Crippen molar-refractivity contribution >= 4 is 11.9 Å². The molecule has 0 aromatic heterocycles. The molecule has 1 spiro atoms. The number of carbonyl (C=O) groups is 2.